The summed E-state index contributed by atoms with van der Waals surface area (Å²) < 4.78 is 31.6. The van der Waals surface area contributed by atoms with E-state index in [1.165, 1.54) is 6.07 Å². The topological polar surface area (TPSA) is 85.3 Å². The Morgan fingerprint density at radius 2 is 2.05 bits per heavy atom. The molecule has 0 atom stereocenters. The molecule has 0 spiro atoms. The highest BCUT2D eigenvalue weighted by atomic mass is 32.2. The lowest BCUT2D eigenvalue weighted by molar-refractivity contribution is 0.413. The van der Waals surface area contributed by atoms with E-state index in [0.29, 0.717) is 5.76 Å². The van der Waals surface area contributed by atoms with Crippen molar-refractivity contribution in [3.8, 4) is 0 Å². The Balaban J connectivity index is 2.09. The molecule has 0 saturated heterocycles. The van der Waals surface area contributed by atoms with Crippen LogP contribution in [0.1, 0.15) is 16.9 Å². The van der Waals surface area contributed by atoms with Crippen LogP contribution in [0.5, 0.6) is 0 Å². The summed E-state index contributed by atoms with van der Waals surface area (Å²) in [5.74, 6) is 0.441. The first-order chi connectivity index (χ1) is 9.01. The van der Waals surface area contributed by atoms with Crippen LogP contribution in [-0.4, -0.2) is 8.42 Å². The summed E-state index contributed by atoms with van der Waals surface area (Å²) >= 11 is 0. The molecule has 1 heterocycles. The van der Waals surface area contributed by atoms with Crippen LogP contribution in [0.3, 0.4) is 0 Å². The van der Waals surface area contributed by atoms with E-state index in [1.807, 2.05) is 31.2 Å². The fourth-order valence-corrected chi connectivity index (χ4v) is 2.65. The van der Waals surface area contributed by atoms with E-state index in [9.17, 15) is 8.42 Å². The molecule has 0 aliphatic carbocycles. The van der Waals surface area contributed by atoms with E-state index < -0.39 is 10.0 Å². The van der Waals surface area contributed by atoms with Crippen LogP contribution in [0.2, 0.25) is 0 Å². The molecule has 19 heavy (non-hydrogen) atoms. The Morgan fingerprint density at radius 3 is 2.68 bits per heavy atom. The minimum absolute atomic E-state index is 0.111. The van der Waals surface area contributed by atoms with E-state index in [-0.39, 0.29) is 18.2 Å². The predicted octanol–water partition coefficient (Wildman–Crippen LogP) is 1.53. The van der Waals surface area contributed by atoms with Crippen molar-refractivity contribution in [2.75, 3.05) is 0 Å². The van der Waals surface area contributed by atoms with Crippen molar-refractivity contribution in [1.82, 2.24) is 4.72 Å². The van der Waals surface area contributed by atoms with E-state index in [1.54, 1.807) is 6.07 Å². The summed E-state index contributed by atoms with van der Waals surface area (Å²) in [7, 11) is -3.63. The molecule has 6 heteroatoms. The molecular weight excluding hydrogens is 264 g/mol. The van der Waals surface area contributed by atoms with Gasteiger partial charge in [-0.3, -0.25) is 0 Å². The minimum atomic E-state index is -3.63. The third-order valence-electron chi connectivity index (χ3n) is 2.65. The van der Waals surface area contributed by atoms with Crippen molar-refractivity contribution in [1.29, 1.82) is 0 Å². The number of hydrogen-bond acceptors (Lipinski definition) is 4. The summed E-state index contributed by atoms with van der Waals surface area (Å²) in [4.78, 5) is 0. The zero-order valence-corrected chi connectivity index (χ0v) is 11.4. The zero-order valence-electron chi connectivity index (χ0n) is 10.6. The highest BCUT2D eigenvalue weighted by molar-refractivity contribution is 7.89. The van der Waals surface area contributed by atoms with Crippen molar-refractivity contribution in [2.45, 2.75) is 25.1 Å². The first kappa shape index (κ1) is 13.8. The Hall–Kier alpha value is -1.63. The van der Waals surface area contributed by atoms with Gasteiger partial charge >= 0.3 is 0 Å². The van der Waals surface area contributed by atoms with Crippen LogP contribution in [0.4, 0.5) is 0 Å². The smallest absolute Gasteiger partial charge is 0.274 e. The standard InChI is InChI=1S/C13H16N2O3S/c1-10-3-2-4-11(7-10)9-15-19(16,17)13-6-5-12(8-14)18-13/h2-7,15H,8-9,14H2,1H3. The molecule has 2 rings (SSSR count). The molecule has 0 amide bonds. The van der Waals surface area contributed by atoms with Crippen molar-refractivity contribution in [2.24, 2.45) is 5.73 Å². The fourth-order valence-electron chi connectivity index (χ4n) is 1.68. The molecule has 0 radical (unpaired) electrons. The minimum Gasteiger partial charge on any atom is -0.447 e. The summed E-state index contributed by atoms with van der Waals surface area (Å²) in [5.41, 5.74) is 7.36. The molecular formula is C13H16N2O3S. The van der Waals surface area contributed by atoms with Crippen molar-refractivity contribution in [3.63, 3.8) is 0 Å². The van der Waals surface area contributed by atoms with E-state index >= 15 is 0 Å². The molecule has 2 aromatic rings. The summed E-state index contributed by atoms with van der Waals surface area (Å²) in [6.07, 6.45) is 0. The number of furan rings is 1. The van der Waals surface area contributed by atoms with E-state index in [4.69, 9.17) is 10.2 Å². The van der Waals surface area contributed by atoms with E-state index in [2.05, 4.69) is 4.72 Å². The summed E-state index contributed by atoms with van der Waals surface area (Å²) in [5, 5.41) is -0.111. The molecule has 0 aliphatic heterocycles. The first-order valence-corrected chi connectivity index (χ1v) is 7.33. The van der Waals surface area contributed by atoms with Gasteiger partial charge in [0.05, 0.1) is 6.54 Å². The predicted molar refractivity (Wildman–Crippen MR) is 71.8 cm³/mol. The average Bonchev–Trinajstić information content (AvgIpc) is 2.86. The van der Waals surface area contributed by atoms with Gasteiger partial charge in [-0.2, -0.15) is 0 Å². The van der Waals surface area contributed by atoms with Crippen LogP contribution in [0.15, 0.2) is 45.9 Å². The maximum atomic E-state index is 12.0. The highest BCUT2D eigenvalue weighted by Gasteiger charge is 2.18. The number of benzene rings is 1. The number of rotatable bonds is 5. The zero-order chi connectivity index (χ0) is 13.9. The second-order valence-corrected chi connectivity index (χ2v) is 5.94. The van der Waals surface area contributed by atoms with Gasteiger partial charge in [-0.15, -0.1) is 0 Å². The van der Waals surface area contributed by atoms with Gasteiger partial charge in [0, 0.05) is 6.54 Å². The van der Waals surface area contributed by atoms with Crippen molar-refractivity contribution < 1.29 is 12.8 Å². The molecule has 0 bridgehead atoms. The monoisotopic (exact) mass is 280 g/mol. The number of aryl methyl sites for hydroxylation is 1. The van der Waals surface area contributed by atoms with Crippen LogP contribution >= 0.6 is 0 Å². The SMILES string of the molecule is Cc1cccc(CNS(=O)(=O)c2ccc(CN)o2)c1. The van der Waals surface area contributed by atoms with Gasteiger partial charge in [0.15, 0.2) is 0 Å². The largest absolute Gasteiger partial charge is 0.447 e. The third kappa shape index (κ3) is 3.44. The molecule has 102 valence electrons. The molecule has 5 nitrogen and oxygen atoms in total. The quantitative estimate of drug-likeness (QED) is 0.869. The second kappa shape index (κ2) is 5.56. The van der Waals surface area contributed by atoms with Gasteiger partial charge in [0.25, 0.3) is 10.0 Å². The van der Waals surface area contributed by atoms with Crippen LogP contribution in [0.25, 0.3) is 0 Å². The molecule has 0 unspecified atom stereocenters. The number of hydrogen-bond donors (Lipinski definition) is 2. The molecule has 1 aromatic carbocycles. The van der Waals surface area contributed by atoms with Gasteiger partial charge in [-0.1, -0.05) is 29.8 Å². The maximum absolute atomic E-state index is 12.0. The molecule has 3 N–H and O–H groups in total. The summed E-state index contributed by atoms with van der Waals surface area (Å²) in [6, 6.07) is 10.6. The maximum Gasteiger partial charge on any atom is 0.274 e. The van der Waals surface area contributed by atoms with Gasteiger partial charge in [-0.05, 0) is 24.6 Å². The third-order valence-corrected chi connectivity index (χ3v) is 3.93. The number of sulfonamides is 1. The van der Waals surface area contributed by atoms with Crippen LogP contribution < -0.4 is 10.5 Å². The van der Waals surface area contributed by atoms with E-state index in [0.717, 1.165) is 11.1 Å². The number of nitrogens with one attached hydrogen (secondary N) is 1. The van der Waals surface area contributed by atoms with Crippen molar-refractivity contribution >= 4 is 10.0 Å². The second-order valence-electron chi connectivity index (χ2n) is 4.24. The van der Waals surface area contributed by atoms with Gasteiger partial charge in [0.1, 0.15) is 5.76 Å². The normalized spacial score (nSPS) is 11.7. The highest BCUT2D eigenvalue weighted by Crippen LogP contribution is 2.14. The van der Waals surface area contributed by atoms with Gasteiger partial charge in [-0.25, -0.2) is 13.1 Å². The van der Waals surface area contributed by atoms with Gasteiger partial charge in [0.2, 0.25) is 5.09 Å². The Bertz CT molecular complexity index is 662. The fraction of sp³-hybridized carbons (Fsp3) is 0.231. The first-order valence-electron chi connectivity index (χ1n) is 5.85. The Kier molecular flexibility index (Phi) is 4.04. The van der Waals surface area contributed by atoms with Crippen LogP contribution in [0, 0.1) is 6.92 Å². The lowest BCUT2D eigenvalue weighted by atomic mass is 10.1. The lowest BCUT2D eigenvalue weighted by Gasteiger charge is -2.05. The molecule has 0 fully saturated rings. The summed E-state index contributed by atoms with van der Waals surface area (Å²) in [6.45, 7) is 2.36. The average molecular weight is 280 g/mol. The molecule has 0 saturated carbocycles. The lowest BCUT2D eigenvalue weighted by Crippen LogP contribution is -2.22. The molecule has 0 aliphatic rings. The van der Waals surface area contributed by atoms with Crippen LogP contribution in [-0.2, 0) is 23.1 Å². The number of nitrogens with two attached hydrogens (primary N) is 1. The Morgan fingerprint density at radius 1 is 1.26 bits per heavy atom. The Labute approximate surface area is 112 Å². The van der Waals surface area contributed by atoms with Crippen molar-refractivity contribution in [3.05, 3.63) is 53.3 Å². The van der Waals surface area contributed by atoms with Gasteiger partial charge < -0.3 is 10.2 Å². The molecule has 1 aromatic heterocycles.